The number of carbonyl (C=O) groups is 1. The maximum Gasteiger partial charge on any atom is 0.197 e. The molecule has 3 fully saturated rings. The molecular weight excluding hydrogens is 288 g/mol. The summed E-state index contributed by atoms with van der Waals surface area (Å²) < 4.78 is 0. The van der Waals surface area contributed by atoms with Crippen LogP contribution >= 0.6 is 0 Å². The molecule has 4 aliphatic carbocycles. The van der Waals surface area contributed by atoms with E-state index in [-0.39, 0.29) is 28.5 Å². The largest absolute Gasteiger partial charge is 0.504 e. The summed E-state index contributed by atoms with van der Waals surface area (Å²) in [7, 11) is 0. The Labute approximate surface area is 139 Å². The molecule has 3 heteroatoms. The molecule has 4 rings (SSSR count). The minimum atomic E-state index is -0.158. The van der Waals surface area contributed by atoms with E-state index < -0.39 is 0 Å². The molecule has 0 radical (unpaired) electrons. The first-order valence-corrected chi connectivity index (χ1v) is 9.43. The van der Waals surface area contributed by atoms with E-state index in [1.165, 1.54) is 0 Å². The lowest BCUT2D eigenvalue weighted by Crippen LogP contribution is -2.52. The van der Waals surface area contributed by atoms with Crippen LogP contribution in [0.1, 0.15) is 65.7 Å². The second-order valence-electron chi connectivity index (χ2n) is 9.28. The van der Waals surface area contributed by atoms with Gasteiger partial charge < -0.3 is 10.2 Å². The van der Waals surface area contributed by atoms with E-state index in [0.717, 1.165) is 44.1 Å². The fourth-order valence-electron chi connectivity index (χ4n) is 7.19. The van der Waals surface area contributed by atoms with Gasteiger partial charge in [-0.1, -0.05) is 20.8 Å². The number of aliphatic hydroxyl groups is 2. The number of rotatable bonds is 0. The average molecular weight is 318 g/mol. The van der Waals surface area contributed by atoms with E-state index in [9.17, 15) is 15.0 Å². The molecule has 3 saturated carbocycles. The minimum Gasteiger partial charge on any atom is -0.504 e. The van der Waals surface area contributed by atoms with Crippen molar-refractivity contribution in [3.05, 3.63) is 11.3 Å². The monoisotopic (exact) mass is 318 g/mol. The van der Waals surface area contributed by atoms with Crippen LogP contribution in [-0.4, -0.2) is 22.1 Å². The molecule has 0 aromatic heterocycles. The van der Waals surface area contributed by atoms with Crippen molar-refractivity contribution in [3.63, 3.8) is 0 Å². The second-order valence-corrected chi connectivity index (χ2v) is 9.28. The molecule has 4 aliphatic rings. The van der Waals surface area contributed by atoms with Crippen molar-refractivity contribution >= 4 is 5.78 Å². The number of aliphatic hydroxyl groups excluding tert-OH is 2. The van der Waals surface area contributed by atoms with Crippen molar-refractivity contribution in [2.24, 2.45) is 34.5 Å². The summed E-state index contributed by atoms with van der Waals surface area (Å²) in [5, 5.41) is 21.0. The zero-order valence-corrected chi connectivity index (χ0v) is 14.6. The first kappa shape index (κ1) is 15.7. The van der Waals surface area contributed by atoms with Gasteiger partial charge in [0.2, 0.25) is 0 Å². The Morgan fingerprint density at radius 2 is 1.87 bits per heavy atom. The Bertz CT molecular complexity index is 579. The highest BCUT2D eigenvalue weighted by molar-refractivity contribution is 5.95. The van der Waals surface area contributed by atoms with Crippen molar-refractivity contribution in [1.82, 2.24) is 0 Å². The molecule has 0 aliphatic heterocycles. The molecule has 3 nitrogen and oxygen atoms in total. The number of allylic oxidation sites excluding steroid dienone is 1. The third kappa shape index (κ3) is 1.89. The Morgan fingerprint density at radius 1 is 1.13 bits per heavy atom. The van der Waals surface area contributed by atoms with E-state index in [1.54, 1.807) is 0 Å². The Morgan fingerprint density at radius 3 is 2.61 bits per heavy atom. The first-order valence-electron chi connectivity index (χ1n) is 9.43. The summed E-state index contributed by atoms with van der Waals surface area (Å²) in [4.78, 5) is 11.9. The quantitative estimate of drug-likeness (QED) is 0.709. The van der Waals surface area contributed by atoms with Crippen molar-refractivity contribution in [3.8, 4) is 0 Å². The molecule has 128 valence electrons. The van der Waals surface area contributed by atoms with Gasteiger partial charge in [0, 0.05) is 6.42 Å². The summed E-state index contributed by atoms with van der Waals surface area (Å²) in [5.74, 6) is 2.40. The molecule has 0 amide bonds. The maximum absolute atomic E-state index is 11.9. The van der Waals surface area contributed by atoms with Gasteiger partial charge in [0.05, 0.1) is 6.10 Å². The number of hydrogen-bond acceptors (Lipinski definition) is 3. The maximum atomic E-state index is 11.9. The van der Waals surface area contributed by atoms with Gasteiger partial charge in [0.25, 0.3) is 0 Å². The summed E-state index contributed by atoms with van der Waals surface area (Å²) in [6, 6.07) is 0. The summed E-state index contributed by atoms with van der Waals surface area (Å²) in [6.45, 7) is 6.91. The molecule has 0 aromatic rings. The van der Waals surface area contributed by atoms with Gasteiger partial charge in [-0.3, -0.25) is 4.79 Å². The molecule has 0 aromatic carbocycles. The van der Waals surface area contributed by atoms with Crippen LogP contribution < -0.4 is 0 Å². The van der Waals surface area contributed by atoms with Gasteiger partial charge in [0.15, 0.2) is 11.5 Å². The standard InChI is InChI=1S/C20H30O3/c1-11-10-16(22)20(3)8-6-13-12(17(11)20)4-5-14-18(23)15(21)7-9-19(13,14)2/h11-13,16-17,22-23H,4-10H2,1-3H3/t11?,12-,13+,16+,17+,19-,20-/m1/s1. The number of fused-ring (bicyclic) bond motifs is 5. The van der Waals surface area contributed by atoms with Crippen LogP contribution in [0.2, 0.25) is 0 Å². The van der Waals surface area contributed by atoms with Gasteiger partial charge in [-0.15, -0.1) is 0 Å². The normalized spacial score (nSPS) is 52.9. The van der Waals surface area contributed by atoms with Crippen molar-refractivity contribution in [2.75, 3.05) is 0 Å². The average Bonchev–Trinajstić information content (AvgIpc) is 2.73. The van der Waals surface area contributed by atoms with Crippen LogP contribution in [0.25, 0.3) is 0 Å². The highest BCUT2D eigenvalue weighted by Gasteiger charge is 2.61. The van der Waals surface area contributed by atoms with E-state index in [4.69, 9.17) is 0 Å². The fraction of sp³-hybridized carbons (Fsp3) is 0.850. The van der Waals surface area contributed by atoms with E-state index >= 15 is 0 Å². The van der Waals surface area contributed by atoms with Gasteiger partial charge in [-0.2, -0.15) is 0 Å². The molecule has 0 heterocycles. The molecule has 23 heavy (non-hydrogen) atoms. The predicted molar refractivity (Wildman–Crippen MR) is 88.8 cm³/mol. The van der Waals surface area contributed by atoms with Gasteiger partial charge in [0.1, 0.15) is 0 Å². The van der Waals surface area contributed by atoms with Crippen LogP contribution in [-0.2, 0) is 4.79 Å². The van der Waals surface area contributed by atoms with Crippen LogP contribution in [0, 0.1) is 34.5 Å². The number of Topliss-reactive ketones (excluding diaryl/α,β-unsaturated/α-hetero) is 1. The third-order valence-electron chi connectivity index (χ3n) is 8.36. The molecule has 0 spiro atoms. The Balaban J connectivity index is 1.74. The van der Waals surface area contributed by atoms with Crippen LogP contribution in [0.15, 0.2) is 11.3 Å². The fourth-order valence-corrected chi connectivity index (χ4v) is 7.19. The molecule has 0 bridgehead atoms. The summed E-state index contributed by atoms with van der Waals surface area (Å²) in [5.41, 5.74) is 1.12. The first-order chi connectivity index (χ1) is 10.8. The lowest BCUT2D eigenvalue weighted by Gasteiger charge is -2.58. The van der Waals surface area contributed by atoms with Gasteiger partial charge >= 0.3 is 0 Å². The highest BCUT2D eigenvalue weighted by Crippen LogP contribution is 2.66. The van der Waals surface area contributed by atoms with Crippen molar-refractivity contribution < 1.29 is 15.0 Å². The number of ketones is 1. The van der Waals surface area contributed by atoms with E-state index in [2.05, 4.69) is 20.8 Å². The molecular formula is C20H30O3. The van der Waals surface area contributed by atoms with Crippen molar-refractivity contribution in [1.29, 1.82) is 0 Å². The van der Waals surface area contributed by atoms with Crippen LogP contribution in [0.5, 0.6) is 0 Å². The van der Waals surface area contributed by atoms with Crippen LogP contribution in [0.3, 0.4) is 0 Å². The van der Waals surface area contributed by atoms with Gasteiger partial charge in [-0.25, -0.2) is 0 Å². The number of carbonyl (C=O) groups excluding carboxylic acids is 1. The summed E-state index contributed by atoms with van der Waals surface area (Å²) >= 11 is 0. The SMILES string of the molecule is CC1C[C@H](O)[C@@]2(C)CC[C@H]3[C@@H](CCC4=C(O)C(=O)CC[C@@]43C)[C@H]12. The Kier molecular flexibility index (Phi) is 3.30. The van der Waals surface area contributed by atoms with Crippen molar-refractivity contribution in [2.45, 2.75) is 71.8 Å². The molecule has 7 atom stereocenters. The second kappa shape index (κ2) is 4.84. The number of hydrogen-bond donors (Lipinski definition) is 2. The predicted octanol–water partition coefficient (Wildman–Crippen LogP) is 4.01. The zero-order chi connectivity index (χ0) is 16.6. The highest BCUT2D eigenvalue weighted by atomic mass is 16.3. The van der Waals surface area contributed by atoms with E-state index in [0.29, 0.717) is 30.1 Å². The van der Waals surface area contributed by atoms with Crippen LogP contribution in [0.4, 0.5) is 0 Å². The molecule has 2 N–H and O–H groups in total. The smallest absolute Gasteiger partial charge is 0.197 e. The Hall–Kier alpha value is -0.830. The summed E-state index contributed by atoms with van der Waals surface area (Å²) in [6.07, 6.45) is 6.32. The molecule has 0 saturated heterocycles. The lowest BCUT2D eigenvalue weighted by molar-refractivity contribution is -0.122. The minimum absolute atomic E-state index is 0.00446. The van der Waals surface area contributed by atoms with E-state index in [1.807, 2.05) is 0 Å². The van der Waals surface area contributed by atoms with Gasteiger partial charge in [-0.05, 0) is 78.6 Å². The topological polar surface area (TPSA) is 57.5 Å². The zero-order valence-electron chi connectivity index (χ0n) is 14.6. The molecule has 1 unspecified atom stereocenters. The lowest BCUT2D eigenvalue weighted by atomic mass is 9.46. The third-order valence-corrected chi connectivity index (χ3v) is 8.36.